The molecule has 5 heteroatoms. The molecule has 106 valence electrons. The van der Waals surface area contributed by atoms with Gasteiger partial charge < -0.3 is 16.0 Å². The van der Waals surface area contributed by atoms with Gasteiger partial charge in [0.1, 0.15) is 18.0 Å². The normalized spacial score (nSPS) is 17.2. The molecule has 1 aliphatic rings. The van der Waals surface area contributed by atoms with E-state index in [0.717, 1.165) is 44.1 Å². The summed E-state index contributed by atoms with van der Waals surface area (Å²) in [5.74, 6) is 1.81. The standard InChI is InChI=1S/C14H25N5/c1-14(2,3)9-16-12-8-13(18-10-17-12)19-11-4-6-15-7-5-11/h8,10-11,15H,4-7,9H2,1-3H3,(H2,16,17,18,19). The van der Waals surface area contributed by atoms with E-state index in [0.29, 0.717) is 6.04 Å². The number of nitrogens with zero attached hydrogens (tertiary/aromatic N) is 2. The molecule has 0 aliphatic carbocycles. The van der Waals surface area contributed by atoms with Crippen LogP contribution in [0.25, 0.3) is 0 Å². The van der Waals surface area contributed by atoms with Gasteiger partial charge in [-0.3, -0.25) is 0 Å². The van der Waals surface area contributed by atoms with Crippen LogP contribution in [0.3, 0.4) is 0 Å². The van der Waals surface area contributed by atoms with Crippen LogP contribution in [0.2, 0.25) is 0 Å². The van der Waals surface area contributed by atoms with Crippen molar-refractivity contribution in [1.82, 2.24) is 15.3 Å². The van der Waals surface area contributed by atoms with Crippen molar-refractivity contribution in [2.24, 2.45) is 5.41 Å². The highest BCUT2D eigenvalue weighted by molar-refractivity contribution is 5.47. The zero-order valence-electron chi connectivity index (χ0n) is 12.2. The highest BCUT2D eigenvalue weighted by atomic mass is 15.1. The van der Waals surface area contributed by atoms with Crippen molar-refractivity contribution in [2.75, 3.05) is 30.3 Å². The van der Waals surface area contributed by atoms with Crippen LogP contribution in [-0.4, -0.2) is 35.6 Å². The van der Waals surface area contributed by atoms with Crippen LogP contribution in [0.15, 0.2) is 12.4 Å². The van der Waals surface area contributed by atoms with E-state index in [1.165, 1.54) is 0 Å². The minimum atomic E-state index is 0.244. The van der Waals surface area contributed by atoms with Gasteiger partial charge in [-0.2, -0.15) is 0 Å². The number of anilines is 2. The fourth-order valence-corrected chi connectivity index (χ4v) is 2.06. The van der Waals surface area contributed by atoms with Crippen LogP contribution in [0.5, 0.6) is 0 Å². The molecule has 0 amide bonds. The summed E-state index contributed by atoms with van der Waals surface area (Å²) in [5.41, 5.74) is 0.244. The second-order valence-corrected chi connectivity index (χ2v) is 6.37. The summed E-state index contributed by atoms with van der Waals surface area (Å²) in [6.07, 6.45) is 3.91. The number of nitrogens with one attached hydrogen (secondary N) is 3. The zero-order chi connectivity index (χ0) is 13.7. The highest BCUT2D eigenvalue weighted by Gasteiger charge is 2.14. The summed E-state index contributed by atoms with van der Waals surface area (Å²) in [7, 11) is 0. The summed E-state index contributed by atoms with van der Waals surface area (Å²) in [5, 5.41) is 10.2. The van der Waals surface area contributed by atoms with Gasteiger partial charge in [-0.05, 0) is 31.3 Å². The van der Waals surface area contributed by atoms with Crippen LogP contribution in [0.1, 0.15) is 33.6 Å². The molecule has 1 aliphatic heterocycles. The van der Waals surface area contributed by atoms with Gasteiger partial charge in [-0.15, -0.1) is 0 Å². The molecule has 2 heterocycles. The maximum Gasteiger partial charge on any atom is 0.131 e. The second-order valence-electron chi connectivity index (χ2n) is 6.37. The van der Waals surface area contributed by atoms with Gasteiger partial charge in [0.25, 0.3) is 0 Å². The Labute approximate surface area is 115 Å². The van der Waals surface area contributed by atoms with Crippen molar-refractivity contribution >= 4 is 11.6 Å². The maximum atomic E-state index is 4.30. The van der Waals surface area contributed by atoms with Crippen LogP contribution >= 0.6 is 0 Å². The molecular formula is C14H25N5. The van der Waals surface area contributed by atoms with E-state index in [1.807, 2.05) is 6.07 Å². The minimum absolute atomic E-state index is 0.244. The van der Waals surface area contributed by atoms with E-state index in [1.54, 1.807) is 6.33 Å². The van der Waals surface area contributed by atoms with E-state index in [2.05, 4.69) is 46.7 Å². The molecule has 0 aromatic carbocycles. The van der Waals surface area contributed by atoms with Crippen LogP contribution < -0.4 is 16.0 Å². The van der Waals surface area contributed by atoms with Crippen molar-refractivity contribution in [1.29, 1.82) is 0 Å². The summed E-state index contributed by atoms with van der Waals surface area (Å²) in [6.45, 7) is 9.67. The molecule has 1 saturated heterocycles. The molecule has 0 radical (unpaired) electrons. The molecule has 0 spiro atoms. The molecule has 19 heavy (non-hydrogen) atoms. The van der Waals surface area contributed by atoms with E-state index >= 15 is 0 Å². The van der Waals surface area contributed by atoms with Crippen molar-refractivity contribution < 1.29 is 0 Å². The third-order valence-corrected chi connectivity index (χ3v) is 3.16. The van der Waals surface area contributed by atoms with Crippen LogP contribution in [-0.2, 0) is 0 Å². The molecule has 0 unspecified atom stereocenters. The third kappa shape index (κ3) is 5.03. The predicted octanol–water partition coefficient (Wildman–Crippen LogP) is 2.10. The molecule has 0 bridgehead atoms. The topological polar surface area (TPSA) is 61.9 Å². The van der Waals surface area contributed by atoms with E-state index in [-0.39, 0.29) is 5.41 Å². The summed E-state index contributed by atoms with van der Waals surface area (Å²) < 4.78 is 0. The van der Waals surface area contributed by atoms with Crippen LogP contribution in [0, 0.1) is 5.41 Å². The highest BCUT2D eigenvalue weighted by Crippen LogP contribution is 2.16. The van der Waals surface area contributed by atoms with Gasteiger partial charge >= 0.3 is 0 Å². The first-order valence-electron chi connectivity index (χ1n) is 7.06. The van der Waals surface area contributed by atoms with Gasteiger partial charge in [0.05, 0.1) is 0 Å². The quantitative estimate of drug-likeness (QED) is 0.776. The fourth-order valence-electron chi connectivity index (χ4n) is 2.06. The Bertz CT molecular complexity index is 393. The first kappa shape index (κ1) is 14.1. The van der Waals surface area contributed by atoms with Gasteiger partial charge in [0.2, 0.25) is 0 Å². The first-order valence-corrected chi connectivity index (χ1v) is 7.06. The molecule has 1 aromatic heterocycles. The van der Waals surface area contributed by atoms with Gasteiger partial charge in [-0.25, -0.2) is 9.97 Å². The number of hydrogen-bond donors (Lipinski definition) is 3. The smallest absolute Gasteiger partial charge is 0.131 e. The number of piperidine rings is 1. The van der Waals surface area contributed by atoms with Crippen LogP contribution in [0.4, 0.5) is 11.6 Å². The lowest BCUT2D eigenvalue weighted by Crippen LogP contribution is -2.35. The Balaban J connectivity index is 1.90. The average Bonchev–Trinajstić information content (AvgIpc) is 2.37. The first-order chi connectivity index (χ1) is 9.03. The molecule has 5 nitrogen and oxygen atoms in total. The minimum Gasteiger partial charge on any atom is -0.369 e. The Kier molecular flexibility index (Phi) is 4.58. The lowest BCUT2D eigenvalue weighted by molar-refractivity contribution is 0.442. The van der Waals surface area contributed by atoms with Gasteiger partial charge in [-0.1, -0.05) is 20.8 Å². The van der Waals surface area contributed by atoms with Crippen molar-refractivity contribution in [2.45, 2.75) is 39.7 Å². The average molecular weight is 263 g/mol. The van der Waals surface area contributed by atoms with Crippen molar-refractivity contribution in [3.05, 3.63) is 12.4 Å². The van der Waals surface area contributed by atoms with Gasteiger partial charge in [0.15, 0.2) is 0 Å². The number of hydrogen-bond acceptors (Lipinski definition) is 5. The summed E-state index contributed by atoms with van der Waals surface area (Å²) >= 11 is 0. The molecule has 1 fully saturated rings. The van der Waals surface area contributed by atoms with E-state index in [9.17, 15) is 0 Å². The van der Waals surface area contributed by atoms with Gasteiger partial charge in [0, 0.05) is 18.7 Å². The molecule has 3 N–H and O–H groups in total. The maximum absolute atomic E-state index is 4.30. The largest absolute Gasteiger partial charge is 0.369 e. The number of aromatic nitrogens is 2. The Hall–Kier alpha value is -1.36. The summed E-state index contributed by atoms with van der Waals surface area (Å²) in [4.78, 5) is 8.56. The third-order valence-electron chi connectivity index (χ3n) is 3.16. The Morgan fingerprint density at radius 3 is 2.58 bits per heavy atom. The molecule has 0 atom stereocenters. The monoisotopic (exact) mass is 263 g/mol. The zero-order valence-corrected chi connectivity index (χ0v) is 12.2. The second kappa shape index (κ2) is 6.19. The van der Waals surface area contributed by atoms with E-state index in [4.69, 9.17) is 0 Å². The Morgan fingerprint density at radius 1 is 1.21 bits per heavy atom. The van der Waals surface area contributed by atoms with Crippen molar-refractivity contribution in [3.63, 3.8) is 0 Å². The Morgan fingerprint density at radius 2 is 1.89 bits per heavy atom. The molecule has 1 aromatic rings. The fraction of sp³-hybridized carbons (Fsp3) is 0.714. The number of rotatable bonds is 4. The van der Waals surface area contributed by atoms with E-state index < -0.39 is 0 Å². The molecule has 2 rings (SSSR count). The SMILES string of the molecule is CC(C)(C)CNc1cc(NC2CCNCC2)ncn1. The molecule has 0 saturated carbocycles. The predicted molar refractivity (Wildman–Crippen MR) is 79.5 cm³/mol. The summed E-state index contributed by atoms with van der Waals surface area (Å²) in [6, 6.07) is 2.51. The lowest BCUT2D eigenvalue weighted by Gasteiger charge is -2.24. The van der Waals surface area contributed by atoms with Crippen molar-refractivity contribution in [3.8, 4) is 0 Å². The molecular weight excluding hydrogens is 238 g/mol. The lowest BCUT2D eigenvalue weighted by atomic mass is 9.97.